The molecule has 0 saturated heterocycles. The molecule has 5 aromatic rings. The number of thiophene rings is 2. The minimum Gasteiger partial charge on any atom is -0.399 e. The van der Waals surface area contributed by atoms with Crippen molar-refractivity contribution in [2.45, 2.75) is 19.9 Å². The summed E-state index contributed by atoms with van der Waals surface area (Å²) in [5.41, 5.74) is 8.67. The molecule has 0 fully saturated rings. The Hall–Kier alpha value is -3.22. The van der Waals surface area contributed by atoms with Gasteiger partial charge < -0.3 is 10.6 Å². The largest absolute Gasteiger partial charge is 0.399 e. The predicted molar refractivity (Wildman–Crippen MR) is 133 cm³/mol. The monoisotopic (exact) mass is 443 g/mol. The molecule has 4 nitrogen and oxygen atoms in total. The van der Waals surface area contributed by atoms with Crippen LogP contribution in [0.25, 0.3) is 31.4 Å². The van der Waals surface area contributed by atoms with Gasteiger partial charge in [0.05, 0.1) is 4.88 Å². The summed E-state index contributed by atoms with van der Waals surface area (Å²) in [5, 5.41) is 5.20. The number of amides is 1. The van der Waals surface area contributed by atoms with Gasteiger partial charge in [-0.1, -0.05) is 18.2 Å². The summed E-state index contributed by atoms with van der Waals surface area (Å²) in [4.78, 5) is 22.8. The van der Waals surface area contributed by atoms with Gasteiger partial charge in [0, 0.05) is 39.4 Å². The van der Waals surface area contributed by atoms with E-state index in [1.54, 1.807) is 11.3 Å². The molecule has 0 aliphatic heterocycles. The number of hydrogen-bond acceptors (Lipinski definition) is 5. The van der Waals surface area contributed by atoms with E-state index in [9.17, 15) is 4.79 Å². The number of pyridine rings is 1. The van der Waals surface area contributed by atoms with E-state index in [4.69, 9.17) is 5.73 Å². The summed E-state index contributed by atoms with van der Waals surface area (Å²) in [6, 6.07) is 20.0. The number of anilines is 2. The quantitative estimate of drug-likeness (QED) is 0.310. The van der Waals surface area contributed by atoms with E-state index < -0.39 is 0 Å². The zero-order valence-electron chi connectivity index (χ0n) is 17.2. The smallest absolute Gasteiger partial charge is 0.268 e. The lowest BCUT2D eigenvalue weighted by molar-refractivity contribution is 0.0984. The molecule has 0 radical (unpaired) electrons. The number of fused-ring (bicyclic) bond motifs is 2. The first-order valence-corrected chi connectivity index (χ1v) is 11.8. The Kier molecular flexibility index (Phi) is 4.96. The standard InChI is InChI=1S/C25H21N3OS2/c1-15(2)28(19-8-6-16-5-7-18(26)12-17(16)13-19)25(29)23-14-21-20(22-4-3-11-30-22)9-10-27-24(21)31-23/h3-15H,26H2,1-2H3. The van der Waals surface area contributed by atoms with Gasteiger partial charge in [0.25, 0.3) is 5.91 Å². The predicted octanol–water partition coefficient (Wildman–Crippen LogP) is 6.82. The van der Waals surface area contributed by atoms with Gasteiger partial charge in [0.2, 0.25) is 0 Å². The van der Waals surface area contributed by atoms with Crippen molar-refractivity contribution in [3.05, 3.63) is 77.1 Å². The van der Waals surface area contributed by atoms with Crippen LogP contribution in [0, 0.1) is 0 Å². The third-order valence-corrected chi connectivity index (χ3v) is 7.23. The van der Waals surface area contributed by atoms with Crippen molar-refractivity contribution >= 4 is 60.9 Å². The fourth-order valence-electron chi connectivity index (χ4n) is 3.86. The molecule has 1 amide bonds. The van der Waals surface area contributed by atoms with Crippen molar-refractivity contribution in [2.75, 3.05) is 10.6 Å². The lowest BCUT2D eigenvalue weighted by Gasteiger charge is -2.26. The molecule has 0 atom stereocenters. The van der Waals surface area contributed by atoms with Gasteiger partial charge in [0.1, 0.15) is 4.83 Å². The molecule has 3 heterocycles. The second-order valence-corrected chi connectivity index (χ2v) is 9.70. The van der Waals surface area contributed by atoms with E-state index in [1.165, 1.54) is 16.2 Å². The van der Waals surface area contributed by atoms with E-state index in [0.717, 1.165) is 32.2 Å². The second kappa shape index (κ2) is 7.80. The van der Waals surface area contributed by atoms with Crippen molar-refractivity contribution in [1.82, 2.24) is 4.98 Å². The summed E-state index contributed by atoms with van der Waals surface area (Å²) in [6.45, 7) is 4.06. The number of carbonyl (C=O) groups excluding carboxylic acids is 1. The maximum Gasteiger partial charge on any atom is 0.268 e. The Balaban J connectivity index is 1.58. The van der Waals surface area contributed by atoms with Gasteiger partial charge in [-0.2, -0.15) is 0 Å². The number of nitrogens with zero attached hydrogens (tertiary/aromatic N) is 2. The molecule has 0 unspecified atom stereocenters. The van der Waals surface area contributed by atoms with E-state index in [0.29, 0.717) is 10.6 Å². The third kappa shape index (κ3) is 3.58. The number of carbonyl (C=O) groups is 1. The SMILES string of the molecule is CC(C)N(C(=O)c1cc2c(-c3cccs3)ccnc2s1)c1ccc2ccc(N)cc2c1. The number of hydrogen-bond donors (Lipinski definition) is 1. The number of rotatable bonds is 4. The molecule has 3 aromatic heterocycles. The number of nitrogen functional groups attached to an aromatic ring is 1. The maximum atomic E-state index is 13.6. The summed E-state index contributed by atoms with van der Waals surface area (Å²) in [5.74, 6) is -0.0154. The molecule has 0 saturated carbocycles. The molecule has 154 valence electrons. The van der Waals surface area contributed by atoms with E-state index >= 15 is 0 Å². The van der Waals surface area contributed by atoms with Crippen molar-refractivity contribution in [3.63, 3.8) is 0 Å². The van der Waals surface area contributed by atoms with Crippen LogP contribution >= 0.6 is 22.7 Å². The van der Waals surface area contributed by atoms with Crippen LogP contribution in [0.3, 0.4) is 0 Å². The van der Waals surface area contributed by atoms with Crippen LogP contribution in [0.4, 0.5) is 11.4 Å². The second-order valence-electron chi connectivity index (χ2n) is 7.73. The van der Waals surface area contributed by atoms with Gasteiger partial charge in [-0.05, 0) is 72.5 Å². The molecular formula is C25H21N3OS2. The molecular weight excluding hydrogens is 422 g/mol. The van der Waals surface area contributed by atoms with E-state index in [2.05, 4.69) is 16.4 Å². The Labute approximate surface area is 188 Å². The molecule has 6 heteroatoms. The van der Waals surface area contributed by atoms with Gasteiger partial charge >= 0.3 is 0 Å². The molecule has 0 bridgehead atoms. The van der Waals surface area contributed by atoms with Crippen molar-refractivity contribution in [1.29, 1.82) is 0 Å². The highest BCUT2D eigenvalue weighted by atomic mass is 32.1. The Morgan fingerprint density at radius 1 is 1.03 bits per heavy atom. The van der Waals surface area contributed by atoms with Gasteiger partial charge in [-0.15, -0.1) is 22.7 Å². The molecule has 2 N–H and O–H groups in total. The Morgan fingerprint density at radius 3 is 2.65 bits per heavy atom. The maximum absolute atomic E-state index is 13.6. The first-order valence-electron chi connectivity index (χ1n) is 10.1. The van der Waals surface area contributed by atoms with Gasteiger partial charge in [0.15, 0.2) is 0 Å². The fourth-order valence-corrected chi connectivity index (χ4v) is 5.59. The number of benzene rings is 2. The van der Waals surface area contributed by atoms with Crippen LogP contribution in [0.1, 0.15) is 23.5 Å². The first kappa shape index (κ1) is 19.7. The molecule has 31 heavy (non-hydrogen) atoms. The average molecular weight is 444 g/mol. The highest BCUT2D eigenvalue weighted by molar-refractivity contribution is 7.20. The molecule has 5 rings (SSSR count). The highest BCUT2D eigenvalue weighted by Gasteiger charge is 2.24. The summed E-state index contributed by atoms with van der Waals surface area (Å²) < 4.78 is 0. The fraction of sp³-hybridized carbons (Fsp3) is 0.120. The minimum atomic E-state index is -0.0154. The highest BCUT2D eigenvalue weighted by Crippen LogP contribution is 2.36. The Bertz CT molecular complexity index is 1400. The van der Waals surface area contributed by atoms with Gasteiger partial charge in [-0.25, -0.2) is 4.98 Å². The lowest BCUT2D eigenvalue weighted by Crippen LogP contribution is -2.36. The zero-order chi connectivity index (χ0) is 21.5. The van der Waals surface area contributed by atoms with Crippen LogP contribution < -0.4 is 10.6 Å². The first-order chi connectivity index (χ1) is 15.0. The molecule has 2 aromatic carbocycles. The van der Waals surface area contributed by atoms with Crippen LogP contribution in [-0.2, 0) is 0 Å². The van der Waals surface area contributed by atoms with Gasteiger partial charge in [-0.3, -0.25) is 4.79 Å². The Morgan fingerprint density at radius 2 is 1.87 bits per heavy atom. The average Bonchev–Trinajstić information content (AvgIpc) is 3.43. The van der Waals surface area contributed by atoms with Crippen molar-refractivity contribution in [3.8, 4) is 10.4 Å². The summed E-state index contributed by atoms with van der Waals surface area (Å²) in [7, 11) is 0. The number of nitrogens with two attached hydrogens (primary N) is 1. The topological polar surface area (TPSA) is 59.2 Å². The molecule has 0 spiro atoms. The van der Waals surface area contributed by atoms with E-state index in [1.807, 2.05) is 79.5 Å². The minimum absolute atomic E-state index is 0.000877. The third-order valence-electron chi connectivity index (χ3n) is 5.29. The van der Waals surface area contributed by atoms with Crippen molar-refractivity contribution in [2.24, 2.45) is 0 Å². The van der Waals surface area contributed by atoms with Crippen LogP contribution in [-0.4, -0.2) is 16.9 Å². The number of aromatic nitrogens is 1. The van der Waals surface area contributed by atoms with Crippen LogP contribution in [0.2, 0.25) is 0 Å². The van der Waals surface area contributed by atoms with Crippen LogP contribution in [0.15, 0.2) is 72.2 Å². The zero-order valence-corrected chi connectivity index (χ0v) is 18.8. The molecule has 0 aliphatic carbocycles. The van der Waals surface area contributed by atoms with Crippen molar-refractivity contribution < 1.29 is 4.79 Å². The normalized spacial score (nSPS) is 11.5. The molecule has 0 aliphatic rings. The lowest BCUT2D eigenvalue weighted by atomic mass is 10.1. The summed E-state index contributed by atoms with van der Waals surface area (Å²) >= 11 is 3.14. The summed E-state index contributed by atoms with van der Waals surface area (Å²) in [6.07, 6.45) is 1.82. The van der Waals surface area contributed by atoms with E-state index in [-0.39, 0.29) is 11.9 Å². The van der Waals surface area contributed by atoms with Crippen LogP contribution in [0.5, 0.6) is 0 Å².